The van der Waals surface area contributed by atoms with Gasteiger partial charge >= 0.3 is 11.9 Å². The van der Waals surface area contributed by atoms with Crippen LogP contribution in [0.5, 0.6) is 0 Å². The van der Waals surface area contributed by atoms with Crippen LogP contribution in [0, 0.1) is 0 Å². The molecule has 0 aliphatic rings. The van der Waals surface area contributed by atoms with Gasteiger partial charge in [0.25, 0.3) is 0 Å². The molecule has 0 aliphatic heterocycles. The molecule has 1 aromatic rings. The van der Waals surface area contributed by atoms with Crippen LogP contribution in [-0.2, 0) is 14.3 Å². The van der Waals surface area contributed by atoms with Crippen LogP contribution in [0.1, 0.15) is 23.6 Å². The largest absolute Gasteiger partial charge is 0.481 e. The lowest BCUT2D eigenvalue weighted by Crippen LogP contribution is -2.11. The number of rotatable bonds is 5. The van der Waals surface area contributed by atoms with Crippen LogP contribution in [0.3, 0.4) is 0 Å². The maximum absolute atomic E-state index is 11.1. The molecule has 0 saturated carbocycles. The van der Waals surface area contributed by atoms with Gasteiger partial charge in [0.15, 0.2) is 0 Å². The van der Waals surface area contributed by atoms with Crippen LogP contribution < -0.4 is 0 Å². The minimum absolute atomic E-state index is 0.0744. The van der Waals surface area contributed by atoms with Crippen LogP contribution in [-0.4, -0.2) is 29.1 Å². The summed E-state index contributed by atoms with van der Waals surface area (Å²) in [5.74, 6) is -1.69. The molecule has 0 radical (unpaired) electrons. The molecule has 1 N–H and O–H groups in total. The third-order valence-corrected chi connectivity index (χ3v) is 2.85. The van der Waals surface area contributed by atoms with Gasteiger partial charge in [0.1, 0.15) is 0 Å². The smallest absolute Gasteiger partial charge is 0.306 e. The Morgan fingerprint density at radius 1 is 1.60 bits per heavy atom. The number of hydrogen-bond donors (Lipinski definition) is 1. The predicted octanol–water partition coefficient (Wildman–Crippen LogP) is 1.26. The minimum Gasteiger partial charge on any atom is -0.481 e. The highest BCUT2D eigenvalue weighted by molar-refractivity contribution is 7.09. The van der Waals surface area contributed by atoms with Gasteiger partial charge in [0.05, 0.1) is 25.5 Å². The second-order valence-corrected chi connectivity index (χ2v) is 3.90. The van der Waals surface area contributed by atoms with Crippen LogP contribution >= 0.6 is 11.3 Å². The predicted molar refractivity (Wildman–Crippen MR) is 53.7 cm³/mol. The third-order valence-electron chi connectivity index (χ3n) is 1.92. The Morgan fingerprint density at radius 2 is 2.33 bits per heavy atom. The number of nitrogens with zero attached hydrogens (tertiary/aromatic N) is 1. The number of carboxylic acids is 1. The van der Waals surface area contributed by atoms with Gasteiger partial charge in [-0.2, -0.15) is 0 Å². The molecule has 6 heteroatoms. The summed E-state index contributed by atoms with van der Waals surface area (Å²) in [6.45, 7) is 0. The zero-order valence-corrected chi connectivity index (χ0v) is 8.99. The van der Waals surface area contributed by atoms with Crippen molar-refractivity contribution in [1.82, 2.24) is 4.98 Å². The summed E-state index contributed by atoms with van der Waals surface area (Å²) in [4.78, 5) is 26.3. The molecule has 82 valence electrons. The summed E-state index contributed by atoms with van der Waals surface area (Å²) < 4.78 is 4.51. The van der Waals surface area contributed by atoms with E-state index in [4.69, 9.17) is 5.11 Å². The maximum atomic E-state index is 11.1. The fraction of sp³-hybridized carbons (Fsp3) is 0.444. The SMILES string of the molecule is COC(=O)CC(CC(=O)O)c1cncs1. The Hall–Kier alpha value is -1.43. The van der Waals surface area contributed by atoms with Crippen molar-refractivity contribution in [1.29, 1.82) is 0 Å². The quantitative estimate of drug-likeness (QED) is 0.769. The van der Waals surface area contributed by atoms with Crippen molar-refractivity contribution in [2.75, 3.05) is 7.11 Å². The Morgan fingerprint density at radius 3 is 2.80 bits per heavy atom. The number of carboxylic acid groups (broad SMARTS) is 1. The first-order chi connectivity index (χ1) is 7.13. The Balaban J connectivity index is 2.70. The summed E-state index contributed by atoms with van der Waals surface area (Å²) >= 11 is 1.34. The van der Waals surface area contributed by atoms with Crippen LogP contribution in [0.2, 0.25) is 0 Å². The van der Waals surface area contributed by atoms with E-state index in [1.807, 2.05) is 0 Å². The molecule has 0 bridgehead atoms. The first-order valence-corrected chi connectivity index (χ1v) is 5.18. The van der Waals surface area contributed by atoms with Crippen molar-refractivity contribution < 1.29 is 19.4 Å². The number of thiazole rings is 1. The molecule has 1 heterocycles. The molecule has 1 aromatic heterocycles. The summed E-state index contributed by atoms with van der Waals surface area (Å²) in [5.41, 5.74) is 1.61. The molecule has 5 nitrogen and oxygen atoms in total. The van der Waals surface area contributed by atoms with Crippen LogP contribution in [0.4, 0.5) is 0 Å². The van der Waals surface area contributed by atoms with Gasteiger partial charge in [-0.05, 0) is 0 Å². The van der Waals surface area contributed by atoms with Crippen LogP contribution in [0.15, 0.2) is 11.7 Å². The Kier molecular flexibility index (Phi) is 4.23. The first-order valence-electron chi connectivity index (χ1n) is 4.30. The van der Waals surface area contributed by atoms with Crippen molar-refractivity contribution in [3.05, 3.63) is 16.6 Å². The average Bonchev–Trinajstić information content (AvgIpc) is 2.68. The van der Waals surface area contributed by atoms with Gasteiger partial charge in [-0.3, -0.25) is 14.6 Å². The number of esters is 1. The van der Waals surface area contributed by atoms with E-state index >= 15 is 0 Å². The zero-order valence-electron chi connectivity index (χ0n) is 8.17. The van der Waals surface area contributed by atoms with E-state index in [0.29, 0.717) is 0 Å². The molecule has 1 unspecified atom stereocenters. The van der Waals surface area contributed by atoms with E-state index in [9.17, 15) is 9.59 Å². The fourth-order valence-electron chi connectivity index (χ4n) is 1.20. The number of carbonyl (C=O) groups is 2. The number of hydrogen-bond acceptors (Lipinski definition) is 5. The second-order valence-electron chi connectivity index (χ2n) is 2.98. The molecule has 0 amide bonds. The summed E-state index contributed by atoms with van der Waals surface area (Å²) in [7, 11) is 1.28. The van der Waals surface area contributed by atoms with E-state index in [1.54, 1.807) is 11.7 Å². The number of carbonyl (C=O) groups excluding carboxylic acids is 1. The average molecular weight is 229 g/mol. The van der Waals surface area contributed by atoms with Gasteiger partial charge in [0, 0.05) is 17.0 Å². The van der Waals surface area contributed by atoms with E-state index in [-0.39, 0.29) is 18.8 Å². The molecular weight excluding hydrogens is 218 g/mol. The normalized spacial score (nSPS) is 12.1. The maximum Gasteiger partial charge on any atom is 0.306 e. The second kappa shape index (κ2) is 5.45. The highest BCUT2D eigenvalue weighted by atomic mass is 32.1. The lowest BCUT2D eigenvalue weighted by Gasteiger charge is -2.10. The molecule has 1 rings (SSSR count). The van der Waals surface area contributed by atoms with Gasteiger partial charge in [0.2, 0.25) is 0 Å². The van der Waals surface area contributed by atoms with Crippen molar-refractivity contribution in [3.8, 4) is 0 Å². The topological polar surface area (TPSA) is 76.5 Å². The lowest BCUT2D eigenvalue weighted by atomic mass is 10.0. The van der Waals surface area contributed by atoms with Gasteiger partial charge in [-0.1, -0.05) is 0 Å². The van der Waals surface area contributed by atoms with E-state index in [1.165, 1.54) is 18.4 Å². The molecule has 1 atom stereocenters. The lowest BCUT2D eigenvalue weighted by molar-refractivity contribution is -0.141. The van der Waals surface area contributed by atoms with Gasteiger partial charge in [-0.15, -0.1) is 11.3 Å². The molecule has 0 aliphatic carbocycles. The summed E-state index contributed by atoms with van der Waals surface area (Å²) in [6.07, 6.45) is 1.57. The minimum atomic E-state index is -0.933. The van der Waals surface area contributed by atoms with E-state index in [0.717, 1.165) is 4.88 Å². The van der Waals surface area contributed by atoms with Crippen molar-refractivity contribution in [3.63, 3.8) is 0 Å². The third kappa shape index (κ3) is 3.67. The molecule has 0 aromatic carbocycles. The molecule has 0 saturated heterocycles. The van der Waals surface area contributed by atoms with Crippen molar-refractivity contribution in [2.45, 2.75) is 18.8 Å². The number of methoxy groups -OCH3 is 1. The number of aliphatic carboxylic acids is 1. The molecule has 0 fully saturated rings. The first kappa shape index (κ1) is 11.6. The van der Waals surface area contributed by atoms with Crippen molar-refractivity contribution >= 4 is 23.3 Å². The van der Waals surface area contributed by atoms with Gasteiger partial charge in [-0.25, -0.2) is 0 Å². The zero-order chi connectivity index (χ0) is 11.3. The highest BCUT2D eigenvalue weighted by Gasteiger charge is 2.20. The number of aromatic nitrogens is 1. The van der Waals surface area contributed by atoms with E-state index in [2.05, 4.69) is 9.72 Å². The Labute approximate surface area is 90.7 Å². The molecule has 0 spiro atoms. The molecular formula is C9H11NO4S. The highest BCUT2D eigenvalue weighted by Crippen LogP contribution is 2.26. The van der Waals surface area contributed by atoms with Crippen molar-refractivity contribution in [2.24, 2.45) is 0 Å². The monoisotopic (exact) mass is 229 g/mol. The fourth-order valence-corrected chi connectivity index (χ4v) is 1.92. The Bertz CT molecular complexity index is 336. The van der Waals surface area contributed by atoms with E-state index < -0.39 is 11.9 Å². The molecule has 15 heavy (non-hydrogen) atoms. The number of ether oxygens (including phenoxy) is 1. The summed E-state index contributed by atoms with van der Waals surface area (Å²) in [5, 5.41) is 8.70. The van der Waals surface area contributed by atoms with Crippen LogP contribution in [0.25, 0.3) is 0 Å². The standard InChI is InChI=1S/C9H11NO4S/c1-14-9(13)3-6(2-8(11)12)7-4-10-5-15-7/h4-6H,2-3H2,1H3,(H,11,12). The summed E-state index contributed by atoms with van der Waals surface area (Å²) in [6, 6.07) is 0. The van der Waals surface area contributed by atoms with Gasteiger partial charge < -0.3 is 9.84 Å².